The largest absolute Gasteiger partial charge is 0.383 e. The summed E-state index contributed by atoms with van der Waals surface area (Å²) in [5, 5.41) is 6.07. The van der Waals surface area contributed by atoms with Gasteiger partial charge < -0.3 is 10.6 Å². The Morgan fingerprint density at radius 3 is 2.22 bits per heavy atom. The van der Waals surface area contributed by atoms with Crippen molar-refractivity contribution < 1.29 is 9.59 Å². The van der Waals surface area contributed by atoms with Gasteiger partial charge in [-0.1, -0.05) is 30.3 Å². The lowest BCUT2D eigenvalue weighted by atomic mass is 10.1. The molecule has 0 aliphatic heterocycles. The van der Waals surface area contributed by atoms with Crippen LogP contribution in [0.2, 0.25) is 0 Å². The Kier molecular flexibility index (Phi) is 5.94. The zero-order chi connectivity index (χ0) is 19.1. The molecular formula is C22H21N3O2. The van der Waals surface area contributed by atoms with Gasteiger partial charge in [-0.2, -0.15) is 0 Å². The second-order valence-electron chi connectivity index (χ2n) is 6.18. The van der Waals surface area contributed by atoms with Crippen LogP contribution in [-0.4, -0.2) is 23.2 Å². The molecule has 0 saturated carbocycles. The lowest BCUT2D eigenvalue weighted by molar-refractivity contribution is 0.101. The van der Waals surface area contributed by atoms with E-state index in [1.165, 1.54) is 12.5 Å². The molecule has 136 valence electrons. The lowest BCUT2D eigenvalue weighted by Gasteiger charge is -2.08. The summed E-state index contributed by atoms with van der Waals surface area (Å²) >= 11 is 0. The van der Waals surface area contributed by atoms with Crippen molar-refractivity contribution in [3.63, 3.8) is 0 Å². The SMILES string of the molecule is CC(=O)c1ccc(NC(=O)c2ccc(NCCc3ccccc3)cn2)cc1. The molecule has 0 radical (unpaired) electrons. The van der Waals surface area contributed by atoms with E-state index in [4.69, 9.17) is 0 Å². The number of carbonyl (C=O) groups excluding carboxylic acids is 2. The van der Waals surface area contributed by atoms with E-state index in [0.717, 1.165) is 18.7 Å². The fourth-order valence-electron chi connectivity index (χ4n) is 2.61. The van der Waals surface area contributed by atoms with Gasteiger partial charge in [0.25, 0.3) is 5.91 Å². The molecule has 0 atom stereocenters. The van der Waals surface area contributed by atoms with E-state index < -0.39 is 0 Å². The number of pyridine rings is 1. The van der Waals surface area contributed by atoms with Crippen LogP contribution >= 0.6 is 0 Å². The maximum absolute atomic E-state index is 12.3. The van der Waals surface area contributed by atoms with Gasteiger partial charge in [0.1, 0.15) is 5.69 Å². The Balaban J connectivity index is 1.53. The van der Waals surface area contributed by atoms with Gasteiger partial charge in [-0.25, -0.2) is 4.98 Å². The fraction of sp³-hybridized carbons (Fsp3) is 0.136. The first-order valence-electron chi connectivity index (χ1n) is 8.78. The maximum atomic E-state index is 12.3. The van der Waals surface area contributed by atoms with Gasteiger partial charge >= 0.3 is 0 Å². The predicted molar refractivity (Wildman–Crippen MR) is 107 cm³/mol. The Hall–Kier alpha value is -3.47. The van der Waals surface area contributed by atoms with Crippen molar-refractivity contribution in [2.75, 3.05) is 17.2 Å². The number of anilines is 2. The van der Waals surface area contributed by atoms with E-state index in [-0.39, 0.29) is 11.7 Å². The van der Waals surface area contributed by atoms with Crippen molar-refractivity contribution in [3.05, 3.63) is 89.7 Å². The minimum atomic E-state index is -0.290. The molecule has 0 fully saturated rings. The third-order valence-corrected chi connectivity index (χ3v) is 4.13. The van der Waals surface area contributed by atoms with E-state index in [9.17, 15) is 9.59 Å². The van der Waals surface area contributed by atoms with Gasteiger partial charge in [-0.15, -0.1) is 0 Å². The van der Waals surface area contributed by atoms with E-state index in [2.05, 4.69) is 27.8 Å². The van der Waals surface area contributed by atoms with Gasteiger partial charge in [0, 0.05) is 17.8 Å². The number of carbonyl (C=O) groups is 2. The Bertz CT molecular complexity index is 905. The minimum Gasteiger partial charge on any atom is -0.383 e. The van der Waals surface area contributed by atoms with Crippen LogP contribution in [0.15, 0.2) is 72.9 Å². The topological polar surface area (TPSA) is 71.1 Å². The molecule has 0 spiro atoms. The second-order valence-corrected chi connectivity index (χ2v) is 6.18. The molecule has 1 heterocycles. The predicted octanol–water partition coefficient (Wildman–Crippen LogP) is 4.19. The van der Waals surface area contributed by atoms with Crippen molar-refractivity contribution in [1.82, 2.24) is 4.98 Å². The molecule has 3 rings (SSSR count). The number of nitrogens with one attached hydrogen (secondary N) is 2. The Morgan fingerprint density at radius 1 is 0.889 bits per heavy atom. The summed E-state index contributed by atoms with van der Waals surface area (Å²) in [5.74, 6) is -0.300. The molecule has 0 unspecified atom stereocenters. The number of rotatable bonds is 7. The van der Waals surface area contributed by atoms with E-state index in [1.807, 2.05) is 24.3 Å². The van der Waals surface area contributed by atoms with Crippen molar-refractivity contribution in [2.24, 2.45) is 0 Å². The lowest BCUT2D eigenvalue weighted by Crippen LogP contribution is -2.14. The second kappa shape index (κ2) is 8.76. The molecule has 2 N–H and O–H groups in total. The van der Waals surface area contributed by atoms with E-state index in [0.29, 0.717) is 16.9 Å². The van der Waals surface area contributed by atoms with Crippen LogP contribution in [0, 0.1) is 0 Å². The first-order chi connectivity index (χ1) is 13.1. The zero-order valence-electron chi connectivity index (χ0n) is 15.1. The first kappa shape index (κ1) is 18.3. The van der Waals surface area contributed by atoms with Gasteiger partial charge in [-0.3, -0.25) is 9.59 Å². The third-order valence-electron chi connectivity index (χ3n) is 4.13. The number of amides is 1. The summed E-state index contributed by atoms with van der Waals surface area (Å²) in [6.07, 6.45) is 2.57. The average molecular weight is 359 g/mol. The van der Waals surface area contributed by atoms with Crippen LogP contribution in [0.25, 0.3) is 0 Å². The normalized spacial score (nSPS) is 10.3. The highest BCUT2D eigenvalue weighted by molar-refractivity contribution is 6.03. The number of aromatic nitrogens is 1. The molecule has 1 aromatic heterocycles. The van der Waals surface area contributed by atoms with Crippen molar-refractivity contribution in [3.8, 4) is 0 Å². The van der Waals surface area contributed by atoms with Crippen molar-refractivity contribution >= 4 is 23.1 Å². The highest BCUT2D eigenvalue weighted by Crippen LogP contribution is 2.12. The molecule has 27 heavy (non-hydrogen) atoms. The number of benzene rings is 2. The summed E-state index contributed by atoms with van der Waals surface area (Å²) in [6.45, 7) is 2.30. The maximum Gasteiger partial charge on any atom is 0.274 e. The Labute approximate surface area is 158 Å². The summed E-state index contributed by atoms with van der Waals surface area (Å²) in [6, 6.07) is 20.5. The first-order valence-corrected chi connectivity index (χ1v) is 8.78. The van der Waals surface area contributed by atoms with Crippen LogP contribution in [0.1, 0.15) is 33.3 Å². The van der Waals surface area contributed by atoms with Gasteiger partial charge in [0.05, 0.1) is 11.9 Å². The van der Waals surface area contributed by atoms with Gasteiger partial charge in [0.15, 0.2) is 5.78 Å². The smallest absolute Gasteiger partial charge is 0.274 e. The van der Waals surface area contributed by atoms with Crippen molar-refractivity contribution in [1.29, 1.82) is 0 Å². The molecule has 1 amide bonds. The van der Waals surface area contributed by atoms with Crippen LogP contribution in [0.4, 0.5) is 11.4 Å². The molecule has 5 heteroatoms. The van der Waals surface area contributed by atoms with Crippen LogP contribution < -0.4 is 10.6 Å². The molecule has 0 aliphatic rings. The van der Waals surface area contributed by atoms with E-state index in [1.54, 1.807) is 36.5 Å². The molecule has 0 saturated heterocycles. The minimum absolute atomic E-state index is 0.00936. The highest BCUT2D eigenvalue weighted by Gasteiger charge is 2.08. The summed E-state index contributed by atoms with van der Waals surface area (Å²) in [7, 11) is 0. The van der Waals surface area contributed by atoms with E-state index >= 15 is 0 Å². The number of ketones is 1. The summed E-state index contributed by atoms with van der Waals surface area (Å²) in [4.78, 5) is 27.8. The van der Waals surface area contributed by atoms with Crippen molar-refractivity contribution in [2.45, 2.75) is 13.3 Å². The highest BCUT2D eigenvalue weighted by atomic mass is 16.2. The van der Waals surface area contributed by atoms with Crippen LogP contribution in [-0.2, 0) is 6.42 Å². The number of nitrogens with zero attached hydrogens (tertiary/aromatic N) is 1. The molecule has 0 aliphatic carbocycles. The molecule has 2 aromatic carbocycles. The zero-order valence-corrected chi connectivity index (χ0v) is 15.1. The number of hydrogen-bond acceptors (Lipinski definition) is 4. The quantitative estimate of drug-likeness (QED) is 0.621. The fourth-order valence-corrected chi connectivity index (χ4v) is 2.61. The third kappa shape index (κ3) is 5.25. The number of Topliss-reactive ketones (excluding diaryl/α,β-unsaturated/α-hetero) is 1. The monoisotopic (exact) mass is 359 g/mol. The standard InChI is InChI=1S/C22H21N3O2/c1-16(26)18-7-9-19(10-8-18)25-22(27)21-12-11-20(15-24-21)23-14-13-17-5-3-2-4-6-17/h2-12,15,23H,13-14H2,1H3,(H,25,27). The molecule has 3 aromatic rings. The van der Waals surface area contributed by atoms with Crippen LogP contribution in [0.5, 0.6) is 0 Å². The summed E-state index contributed by atoms with van der Waals surface area (Å²) in [5.41, 5.74) is 3.70. The number of hydrogen-bond donors (Lipinski definition) is 2. The summed E-state index contributed by atoms with van der Waals surface area (Å²) < 4.78 is 0. The molecule has 0 bridgehead atoms. The molecule has 5 nitrogen and oxygen atoms in total. The Morgan fingerprint density at radius 2 is 1.59 bits per heavy atom. The molecular weight excluding hydrogens is 338 g/mol. The van der Waals surface area contributed by atoms with Crippen LogP contribution in [0.3, 0.4) is 0 Å². The van der Waals surface area contributed by atoms with Gasteiger partial charge in [0.2, 0.25) is 0 Å². The van der Waals surface area contributed by atoms with Gasteiger partial charge in [-0.05, 0) is 55.3 Å². The average Bonchev–Trinajstić information content (AvgIpc) is 2.70.